The zero-order chi connectivity index (χ0) is 10.8. The molecule has 1 aliphatic carbocycles. The number of halogens is 2. The Bertz CT molecular complexity index is 407. The molecule has 0 spiro atoms. The molecule has 0 saturated heterocycles. The predicted octanol–water partition coefficient (Wildman–Crippen LogP) is 3.72. The predicted molar refractivity (Wildman–Crippen MR) is 58.2 cm³/mol. The van der Waals surface area contributed by atoms with Crippen molar-refractivity contribution < 1.29 is 4.39 Å². The number of benzene rings is 1. The van der Waals surface area contributed by atoms with Gasteiger partial charge in [-0.1, -0.05) is 17.7 Å². The van der Waals surface area contributed by atoms with Gasteiger partial charge in [-0.05, 0) is 30.5 Å². The lowest BCUT2D eigenvalue weighted by Gasteiger charge is -2.06. The summed E-state index contributed by atoms with van der Waals surface area (Å²) in [5.74, 6) is 0.207. The van der Waals surface area contributed by atoms with Gasteiger partial charge in [0.15, 0.2) is 0 Å². The van der Waals surface area contributed by atoms with Crippen molar-refractivity contribution in [3.05, 3.63) is 46.0 Å². The first-order chi connectivity index (χ1) is 7.20. The van der Waals surface area contributed by atoms with Gasteiger partial charge in [-0.25, -0.2) is 11.0 Å². The highest BCUT2D eigenvalue weighted by Gasteiger charge is 2.36. The van der Waals surface area contributed by atoms with Gasteiger partial charge in [0.05, 0.1) is 0 Å². The highest BCUT2D eigenvalue weighted by Crippen LogP contribution is 2.36. The van der Waals surface area contributed by atoms with E-state index in [4.69, 9.17) is 18.2 Å². The maximum absolute atomic E-state index is 12.8. The van der Waals surface area contributed by atoms with Gasteiger partial charge in [-0.3, -0.25) is 0 Å². The van der Waals surface area contributed by atoms with Crippen molar-refractivity contribution in [1.29, 1.82) is 0 Å². The van der Waals surface area contributed by atoms with Crippen LogP contribution in [0.25, 0.3) is 4.85 Å². The first-order valence-electron chi connectivity index (χ1n) is 5.01. The molecule has 1 aromatic carbocycles. The molecular formula is C12H11ClFN. The van der Waals surface area contributed by atoms with E-state index in [2.05, 4.69) is 4.85 Å². The van der Waals surface area contributed by atoms with E-state index in [9.17, 15) is 4.39 Å². The molecule has 1 fully saturated rings. The van der Waals surface area contributed by atoms with Crippen molar-refractivity contribution in [2.45, 2.75) is 25.3 Å². The van der Waals surface area contributed by atoms with Crippen molar-refractivity contribution >= 4 is 11.6 Å². The Morgan fingerprint density at radius 3 is 2.80 bits per heavy atom. The molecule has 1 aromatic rings. The zero-order valence-electron chi connectivity index (χ0n) is 8.21. The van der Waals surface area contributed by atoms with E-state index >= 15 is 0 Å². The highest BCUT2D eigenvalue weighted by molar-refractivity contribution is 6.31. The molecule has 0 N–H and O–H groups in total. The van der Waals surface area contributed by atoms with E-state index in [1.807, 2.05) is 0 Å². The summed E-state index contributed by atoms with van der Waals surface area (Å²) in [6.07, 6.45) is 2.94. The molecule has 1 saturated carbocycles. The molecule has 3 heteroatoms. The van der Waals surface area contributed by atoms with Gasteiger partial charge in [0.1, 0.15) is 5.82 Å². The second-order valence-corrected chi connectivity index (χ2v) is 4.38. The quantitative estimate of drug-likeness (QED) is 0.688. The van der Waals surface area contributed by atoms with Crippen LogP contribution in [0.3, 0.4) is 0 Å². The van der Waals surface area contributed by atoms with E-state index in [0.717, 1.165) is 18.4 Å². The van der Waals surface area contributed by atoms with Crippen LogP contribution in [0.15, 0.2) is 18.2 Å². The maximum Gasteiger partial charge on any atom is 0.230 e. The van der Waals surface area contributed by atoms with Crippen LogP contribution in [0.2, 0.25) is 5.02 Å². The molecule has 2 rings (SSSR count). The lowest BCUT2D eigenvalue weighted by atomic mass is 10.0. The molecule has 0 heterocycles. The summed E-state index contributed by atoms with van der Waals surface area (Å²) >= 11 is 5.91. The molecule has 0 aliphatic heterocycles. The normalized spacial score (nSPS) is 17.1. The van der Waals surface area contributed by atoms with Crippen LogP contribution in [0, 0.1) is 18.3 Å². The van der Waals surface area contributed by atoms with E-state index in [0.29, 0.717) is 17.4 Å². The summed E-state index contributed by atoms with van der Waals surface area (Å²) in [6.45, 7) is 7.10. The molecular weight excluding hydrogens is 213 g/mol. The smallest absolute Gasteiger partial charge is 0.230 e. The Hall–Kier alpha value is -1.07. The standard InChI is InChI=1S/C12H11ClFN/c1-15-12(8-2-3-8)6-9-4-5-10(14)7-11(9)13/h4-5,7-8,12H,2-3,6H2. The van der Waals surface area contributed by atoms with Crippen LogP contribution in [0.5, 0.6) is 0 Å². The third-order valence-corrected chi connectivity index (χ3v) is 3.13. The van der Waals surface area contributed by atoms with Crippen LogP contribution >= 0.6 is 11.6 Å². The van der Waals surface area contributed by atoms with Crippen molar-refractivity contribution in [2.24, 2.45) is 5.92 Å². The van der Waals surface area contributed by atoms with Gasteiger partial charge >= 0.3 is 0 Å². The van der Waals surface area contributed by atoms with Gasteiger partial charge in [-0.2, -0.15) is 0 Å². The fourth-order valence-corrected chi connectivity index (χ4v) is 1.96. The maximum atomic E-state index is 12.8. The molecule has 1 aliphatic rings. The van der Waals surface area contributed by atoms with E-state index in [1.54, 1.807) is 6.07 Å². The van der Waals surface area contributed by atoms with Crippen LogP contribution < -0.4 is 0 Å². The molecule has 0 amide bonds. The van der Waals surface area contributed by atoms with Crippen LogP contribution in [-0.4, -0.2) is 6.04 Å². The van der Waals surface area contributed by atoms with Gasteiger partial charge in [0.2, 0.25) is 6.04 Å². The average Bonchev–Trinajstić information content (AvgIpc) is 3.00. The topological polar surface area (TPSA) is 4.36 Å². The summed E-state index contributed by atoms with van der Waals surface area (Å²) < 4.78 is 12.8. The first-order valence-corrected chi connectivity index (χ1v) is 5.39. The van der Waals surface area contributed by atoms with E-state index < -0.39 is 0 Å². The lowest BCUT2D eigenvalue weighted by Crippen LogP contribution is -2.09. The summed E-state index contributed by atoms with van der Waals surface area (Å²) in [6, 6.07) is 4.41. The number of nitrogens with zero attached hydrogens (tertiary/aromatic N) is 1. The van der Waals surface area contributed by atoms with Crippen molar-refractivity contribution in [1.82, 2.24) is 0 Å². The molecule has 1 unspecified atom stereocenters. The van der Waals surface area contributed by atoms with Gasteiger partial charge < -0.3 is 4.85 Å². The SMILES string of the molecule is [C-]#[N+]C(Cc1ccc(F)cc1Cl)C1CC1. The molecule has 0 radical (unpaired) electrons. The third-order valence-electron chi connectivity index (χ3n) is 2.78. The summed E-state index contributed by atoms with van der Waals surface area (Å²) in [5, 5.41) is 0.435. The fourth-order valence-electron chi connectivity index (χ4n) is 1.71. The number of hydrogen-bond donors (Lipinski definition) is 0. The Balaban J connectivity index is 2.12. The molecule has 0 bridgehead atoms. The average molecular weight is 224 g/mol. The van der Waals surface area contributed by atoms with Gasteiger partial charge in [0, 0.05) is 17.4 Å². The molecule has 15 heavy (non-hydrogen) atoms. The molecule has 1 nitrogen and oxygen atoms in total. The van der Waals surface area contributed by atoms with E-state index in [1.165, 1.54) is 12.1 Å². The number of hydrogen-bond acceptors (Lipinski definition) is 0. The largest absolute Gasteiger partial charge is 0.313 e. The van der Waals surface area contributed by atoms with Gasteiger partial charge in [0.25, 0.3) is 0 Å². The summed E-state index contributed by atoms with van der Waals surface area (Å²) in [5.41, 5.74) is 0.881. The Kier molecular flexibility index (Phi) is 2.93. The zero-order valence-corrected chi connectivity index (χ0v) is 8.97. The van der Waals surface area contributed by atoms with E-state index in [-0.39, 0.29) is 11.9 Å². The van der Waals surface area contributed by atoms with Crippen LogP contribution in [-0.2, 0) is 6.42 Å². The first kappa shape index (κ1) is 10.4. The summed E-state index contributed by atoms with van der Waals surface area (Å²) in [7, 11) is 0. The highest BCUT2D eigenvalue weighted by atomic mass is 35.5. The second kappa shape index (κ2) is 4.20. The molecule has 1 atom stereocenters. The Morgan fingerprint density at radius 2 is 2.27 bits per heavy atom. The van der Waals surface area contributed by atoms with Gasteiger partial charge in [-0.15, -0.1) is 0 Å². The van der Waals surface area contributed by atoms with Crippen molar-refractivity contribution in [2.75, 3.05) is 0 Å². The third kappa shape index (κ3) is 2.49. The minimum Gasteiger partial charge on any atom is -0.313 e. The number of rotatable bonds is 3. The van der Waals surface area contributed by atoms with Crippen molar-refractivity contribution in [3.63, 3.8) is 0 Å². The fraction of sp³-hybridized carbons (Fsp3) is 0.417. The van der Waals surface area contributed by atoms with Crippen LogP contribution in [0.4, 0.5) is 4.39 Å². The lowest BCUT2D eigenvalue weighted by molar-refractivity contribution is 0.624. The van der Waals surface area contributed by atoms with Crippen LogP contribution in [0.1, 0.15) is 18.4 Å². The minimum absolute atomic E-state index is 0.0213. The summed E-state index contributed by atoms with van der Waals surface area (Å²) in [4.78, 5) is 3.61. The second-order valence-electron chi connectivity index (χ2n) is 3.97. The minimum atomic E-state index is -0.325. The van der Waals surface area contributed by atoms with Crippen molar-refractivity contribution in [3.8, 4) is 0 Å². The molecule has 78 valence electrons. The monoisotopic (exact) mass is 223 g/mol. The molecule has 0 aromatic heterocycles. The Labute approximate surface area is 93.7 Å². The Morgan fingerprint density at radius 1 is 1.53 bits per heavy atom.